The topological polar surface area (TPSA) is 20.3 Å². The lowest BCUT2D eigenvalue weighted by molar-refractivity contribution is -0.127. The molecule has 0 aromatic carbocycles. The Balaban J connectivity index is 2.51. The summed E-state index contributed by atoms with van der Waals surface area (Å²) in [6, 6.07) is 0. The zero-order valence-corrected chi connectivity index (χ0v) is 8.10. The molecular formula is C9H14ClNO. The van der Waals surface area contributed by atoms with Crippen LogP contribution in [0.1, 0.15) is 26.2 Å². The molecule has 0 aliphatic carbocycles. The third-order valence-electron chi connectivity index (χ3n) is 2.10. The lowest BCUT2D eigenvalue weighted by Gasteiger charge is -2.26. The van der Waals surface area contributed by atoms with Crippen LogP contribution < -0.4 is 0 Å². The predicted octanol–water partition coefficient (Wildman–Crippen LogP) is 2.14. The molecule has 1 heterocycles. The van der Waals surface area contributed by atoms with Gasteiger partial charge in [0.2, 0.25) is 0 Å². The van der Waals surface area contributed by atoms with E-state index < -0.39 is 0 Å². The zero-order chi connectivity index (χ0) is 8.97. The number of carbonyl (C=O) groups excluding carboxylic acids is 1. The van der Waals surface area contributed by atoms with Crippen LogP contribution in [0.5, 0.6) is 0 Å². The second-order valence-electron chi connectivity index (χ2n) is 2.99. The van der Waals surface area contributed by atoms with E-state index in [0.717, 1.165) is 25.9 Å². The van der Waals surface area contributed by atoms with Gasteiger partial charge in [0, 0.05) is 13.1 Å². The third kappa shape index (κ3) is 2.24. The van der Waals surface area contributed by atoms with Gasteiger partial charge in [-0.25, -0.2) is 0 Å². The maximum atomic E-state index is 11.5. The summed E-state index contributed by atoms with van der Waals surface area (Å²) in [5.41, 5.74) is 0. The minimum Gasteiger partial charge on any atom is -0.338 e. The van der Waals surface area contributed by atoms with Crippen LogP contribution in [-0.4, -0.2) is 23.9 Å². The molecule has 0 bridgehead atoms. The van der Waals surface area contributed by atoms with Gasteiger partial charge in [0.15, 0.2) is 0 Å². The Morgan fingerprint density at radius 2 is 1.92 bits per heavy atom. The van der Waals surface area contributed by atoms with E-state index in [1.807, 2.05) is 4.90 Å². The summed E-state index contributed by atoms with van der Waals surface area (Å²) in [6.07, 6.45) is 5.11. The molecule has 12 heavy (non-hydrogen) atoms. The first-order chi connectivity index (χ1) is 5.75. The molecular weight excluding hydrogens is 174 g/mol. The molecule has 0 unspecified atom stereocenters. The average molecular weight is 188 g/mol. The molecule has 0 spiro atoms. The van der Waals surface area contributed by atoms with Crippen molar-refractivity contribution in [2.24, 2.45) is 0 Å². The summed E-state index contributed by atoms with van der Waals surface area (Å²) in [5.74, 6) is -0.0149. The van der Waals surface area contributed by atoms with E-state index in [4.69, 9.17) is 11.6 Å². The SMILES string of the molecule is CC=C(Cl)C(=O)N1CCCCC1. The molecule has 0 radical (unpaired) electrons. The third-order valence-corrected chi connectivity index (χ3v) is 2.48. The van der Waals surface area contributed by atoms with E-state index in [0.29, 0.717) is 5.03 Å². The van der Waals surface area contributed by atoms with E-state index in [2.05, 4.69) is 0 Å². The van der Waals surface area contributed by atoms with Crippen molar-refractivity contribution in [1.82, 2.24) is 4.90 Å². The lowest BCUT2D eigenvalue weighted by atomic mass is 10.1. The predicted molar refractivity (Wildman–Crippen MR) is 50.0 cm³/mol. The molecule has 0 aromatic heterocycles. The molecule has 1 aliphatic rings. The van der Waals surface area contributed by atoms with Gasteiger partial charge < -0.3 is 4.90 Å². The van der Waals surface area contributed by atoms with Crippen molar-refractivity contribution in [2.75, 3.05) is 13.1 Å². The van der Waals surface area contributed by atoms with Gasteiger partial charge in [-0.1, -0.05) is 17.7 Å². The van der Waals surface area contributed by atoms with Gasteiger partial charge in [0.1, 0.15) is 5.03 Å². The van der Waals surface area contributed by atoms with Crippen LogP contribution in [0, 0.1) is 0 Å². The lowest BCUT2D eigenvalue weighted by Crippen LogP contribution is -2.35. The van der Waals surface area contributed by atoms with E-state index in [1.54, 1.807) is 13.0 Å². The summed E-state index contributed by atoms with van der Waals surface area (Å²) in [5, 5.41) is 0.344. The van der Waals surface area contributed by atoms with Gasteiger partial charge in [-0.2, -0.15) is 0 Å². The Bertz CT molecular complexity index is 195. The standard InChI is InChI=1S/C9H14ClNO/c1-2-8(10)9(12)11-6-4-3-5-7-11/h2H,3-7H2,1H3. The maximum absolute atomic E-state index is 11.5. The van der Waals surface area contributed by atoms with Crippen LogP contribution in [0.4, 0.5) is 0 Å². The molecule has 1 saturated heterocycles. The smallest absolute Gasteiger partial charge is 0.265 e. The van der Waals surface area contributed by atoms with E-state index in [9.17, 15) is 4.79 Å². The number of hydrogen-bond acceptors (Lipinski definition) is 1. The van der Waals surface area contributed by atoms with Crippen LogP contribution in [0.3, 0.4) is 0 Å². The molecule has 0 saturated carbocycles. The highest BCUT2D eigenvalue weighted by Crippen LogP contribution is 2.13. The Morgan fingerprint density at radius 3 is 2.42 bits per heavy atom. The normalized spacial score (nSPS) is 19.5. The highest BCUT2D eigenvalue weighted by atomic mass is 35.5. The first-order valence-corrected chi connectivity index (χ1v) is 4.74. The second kappa shape index (κ2) is 4.51. The van der Waals surface area contributed by atoms with Gasteiger partial charge in [-0.3, -0.25) is 4.79 Å². The number of halogens is 1. The number of likely N-dealkylation sites (tertiary alicyclic amines) is 1. The van der Waals surface area contributed by atoms with Crippen molar-refractivity contribution in [1.29, 1.82) is 0 Å². The van der Waals surface area contributed by atoms with Crippen molar-refractivity contribution >= 4 is 17.5 Å². The van der Waals surface area contributed by atoms with Crippen LogP contribution in [0.15, 0.2) is 11.1 Å². The van der Waals surface area contributed by atoms with Crippen molar-refractivity contribution in [3.8, 4) is 0 Å². The van der Waals surface area contributed by atoms with Crippen molar-refractivity contribution in [3.05, 3.63) is 11.1 Å². The summed E-state index contributed by atoms with van der Waals surface area (Å²) >= 11 is 5.72. The van der Waals surface area contributed by atoms with Crippen LogP contribution in [0.25, 0.3) is 0 Å². The number of nitrogens with zero attached hydrogens (tertiary/aromatic N) is 1. The number of carbonyl (C=O) groups is 1. The van der Waals surface area contributed by atoms with Gasteiger partial charge in [-0.05, 0) is 26.2 Å². The fourth-order valence-electron chi connectivity index (χ4n) is 1.37. The van der Waals surface area contributed by atoms with Crippen LogP contribution in [-0.2, 0) is 4.79 Å². The summed E-state index contributed by atoms with van der Waals surface area (Å²) < 4.78 is 0. The molecule has 1 rings (SSSR count). The molecule has 1 fully saturated rings. The minimum atomic E-state index is -0.0149. The van der Waals surface area contributed by atoms with E-state index in [1.165, 1.54) is 6.42 Å². The number of rotatable bonds is 1. The number of amides is 1. The molecule has 2 nitrogen and oxygen atoms in total. The highest BCUT2D eigenvalue weighted by Gasteiger charge is 2.17. The summed E-state index contributed by atoms with van der Waals surface area (Å²) in [7, 11) is 0. The molecule has 0 atom stereocenters. The fraction of sp³-hybridized carbons (Fsp3) is 0.667. The van der Waals surface area contributed by atoms with Gasteiger partial charge >= 0.3 is 0 Å². The van der Waals surface area contributed by atoms with Gasteiger partial charge in [0.05, 0.1) is 0 Å². The van der Waals surface area contributed by atoms with Gasteiger partial charge in [0.25, 0.3) is 5.91 Å². The number of piperidine rings is 1. The minimum absolute atomic E-state index is 0.0149. The number of allylic oxidation sites excluding steroid dienone is 1. The Morgan fingerprint density at radius 1 is 1.33 bits per heavy atom. The van der Waals surface area contributed by atoms with Gasteiger partial charge in [-0.15, -0.1) is 0 Å². The number of hydrogen-bond donors (Lipinski definition) is 0. The maximum Gasteiger partial charge on any atom is 0.265 e. The Kier molecular flexibility index (Phi) is 3.60. The molecule has 0 N–H and O–H groups in total. The Hall–Kier alpha value is -0.500. The Labute approximate surface area is 78.2 Å². The monoisotopic (exact) mass is 187 g/mol. The molecule has 1 aliphatic heterocycles. The molecule has 68 valence electrons. The second-order valence-corrected chi connectivity index (χ2v) is 3.40. The largest absolute Gasteiger partial charge is 0.338 e. The van der Waals surface area contributed by atoms with Crippen molar-refractivity contribution in [2.45, 2.75) is 26.2 Å². The van der Waals surface area contributed by atoms with Crippen molar-refractivity contribution < 1.29 is 4.79 Å². The first-order valence-electron chi connectivity index (χ1n) is 4.37. The van der Waals surface area contributed by atoms with Crippen LogP contribution in [0.2, 0.25) is 0 Å². The first kappa shape index (κ1) is 9.59. The summed E-state index contributed by atoms with van der Waals surface area (Å²) in [6.45, 7) is 3.51. The average Bonchev–Trinajstić information content (AvgIpc) is 2.17. The molecule has 0 aromatic rings. The quantitative estimate of drug-likeness (QED) is 0.576. The van der Waals surface area contributed by atoms with Crippen LogP contribution >= 0.6 is 11.6 Å². The zero-order valence-electron chi connectivity index (χ0n) is 7.35. The fourth-order valence-corrected chi connectivity index (χ4v) is 1.49. The van der Waals surface area contributed by atoms with E-state index in [-0.39, 0.29) is 5.91 Å². The van der Waals surface area contributed by atoms with Crippen molar-refractivity contribution in [3.63, 3.8) is 0 Å². The molecule has 3 heteroatoms. The highest BCUT2D eigenvalue weighted by molar-refractivity contribution is 6.42. The summed E-state index contributed by atoms with van der Waals surface area (Å²) in [4.78, 5) is 13.3. The molecule has 1 amide bonds. The van der Waals surface area contributed by atoms with E-state index >= 15 is 0 Å².